The molecule has 2 atom stereocenters. The zero-order chi connectivity index (χ0) is 13.2. The number of hydrogen-bond donors (Lipinski definition) is 1. The van der Waals surface area contributed by atoms with Crippen LogP contribution in [0.3, 0.4) is 0 Å². The van der Waals surface area contributed by atoms with E-state index in [9.17, 15) is 4.79 Å². The Morgan fingerprint density at radius 2 is 2.32 bits per heavy atom. The van der Waals surface area contributed by atoms with Gasteiger partial charge in [-0.25, -0.2) is 4.79 Å². The minimum Gasteiger partial charge on any atom is -0.492 e. The van der Waals surface area contributed by atoms with Crippen molar-refractivity contribution in [2.45, 2.75) is 25.3 Å². The molecule has 1 saturated carbocycles. The molecule has 1 heterocycles. The third kappa shape index (κ3) is 2.73. The van der Waals surface area contributed by atoms with Crippen LogP contribution < -0.4 is 4.74 Å². The van der Waals surface area contributed by atoms with E-state index < -0.39 is 5.97 Å². The average molecular weight is 261 g/mol. The van der Waals surface area contributed by atoms with Crippen molar-refractivity contribution in [1.29, 1.82) is 0 Å². The Labute approximate surface area is 113 Å². The normalized spacial score (nSPS) is 25.7. The van der Waals surface area contributed by atoms with Crippen LogP contribution in [0.1, 0.15) is 29.6 Å². The molecule has 0 amide bonds. The van der Waals surface area contributed by atoms with Gasteiger partial charge in [-0.15, -0.1) is 0 Å². The van der Waals surface area contributed by atoms with Crippen molar-refractivity contribution in [3.05, 3.63) is 29.8 Å². The van der Waals surface area contributed by atoms with Crippen molar-refractivity contribution >= 4 is 5.97 Å². The minimum atomic E-state index is -0.915. The van der Waals surface area contributed by atoms with Crippen molar-refractivity contribution < 1.29 is 14.6 Å². The van der Waals surface area contributed by atoms with Crippen LogP contribution >= 0.6 is 0 Å². The molecule has 2 aliphatic rings. The highest BCUT2D eigenvalue weighted by atomic mass is 16.5. The van der Waals surface area contributed by atoms with E-state index in [1.807, 2.05) is 6.07 Å². The molecule has 4 heteroatoms. The van der Waals surface area contributed by atoms with Gasteiger partial charge in [0, 0.05) is 19.1 Å². The topological polar surface area (TPSA) is 49.8 Å². The molecule has 2 unspecified atom stereocenters. The first-order chi connectivity index (χ1) is 9.22. The standard InChI is InChI=1S/C15H19NO3/c17-15(18)12-2-1-3-14(9-12)19-7-6-16-10-11-4-5-13(16)8-11/h1-3,9,11,13H,4-8,10H2,(H,17,18). The summed E-state index contributed by atoms with van der Waals surface area (Å²) in [6, 6.07) is 7.45. The average Bonchev–Trinajstić information content (AvgIpc) is 3.01. The lowest BCUT2D eigenvalue weighted by Crippen LogP contribution is -2.35. The van der Waals surface area contributed by atoms with Crippen molar-refractivity contribution in [1.82, 2.24) is 4.90 Å². The van der Waals surface area contributed by atoms with Gasteiger partial charge in [-0.05, 0) is 43.4 Å². The summed E-state index contributed by atoms with van der Waals surface area (Å²) in [7, 11) is 0. The summed E-state index contributed by atoms with van der Waals surface area (Å²) in [6.45, 7) is 2.79. The van der Waals surface area contributed by atoms with E-state index in [2.05, 4.69) is 4.90 Å². The Bertz CT molecular complexity index is 474. The lowest BCUT2D eigenvalue weighted by atomic mass is 10.1. The minimum absolute atomic E-state index is 0.276. The van der Waals surface area contributed by atoms with Gasteiger partial charge in [-0.3, -0.25) is 4.90 Å². The second-order valence-corrected chi connectivity index (χ2v) is 5.51. The molecule has 19 heavy (non-hydrogen) atoms. The molecule has 2 bridgehead atoms. The maximum absolute atomic E-state index is 10.9. The van der Waals surface area contributed by atoms with E-state index in [0.717, 1.165) is 18.5 Å². The Balaban J connectivity index is 1.50. The lowest BCUT2D eigenvalue weighted by molar-refractivity contribution is 0.0696. The van der Waals surface area contributed by atoms with Crippen LogP contribution in [0.5, 0.6) is 5.75 Å². The van der Waals surface area contributed by atoms with Crippen molar-refractivity contribution in [3.63, 3.8) is 0 Å². The number of aromatic carboxylic acids is 1. The van der Waals surface area contributed by atoms with Crippen LogP contribution in [0.25, 0.3) is 0 Å². The SMILES string of the molecule is O=C(O)c1cccc(OCCN2CC3CCC2C3)c1. The Morgan fingerprint density at radius 3 is 3.00 bits per heavy atom. The molecule has 2 fully saturated rings. The van der Waals surface area contributed by atoms with Crippen LogP contribution in [0.4, 0.5) is 0 Å². The van der Waals surface area contributed by atoms with Gasteiger partial charge < -0.3 is 9.84 Å². The third-order valence-electron chi connectivity index (χ3n) is 4.25. The van der Waals surface area contributed by atoms with Gasteiger partial charge in [0.1, 0.15) is 12.4 Å². The summed E-state index contributed by atoms with van der Waals surface area (Å²) in [4.78, 5) is 13.4. The second-order valence-electron chi connectivity index (χ2n) is 5.51. The lowest BCUT2D eigenvalue weighted by Gasteiger charge is -2.26. The molecule has 0 radical (unpaired) electrons. The van der Waals surface area contributed by atoms with E-state index in [0.29, 0.717) is 12.4 Å². The maximum Gasteiger partial charge on any atom is 0.335 e. The Morgan fingerprint density at radius 1 is 1.42 bits per heavy atom. The molecule has 1 aliphatic carbocycles. The number of ether oxygens (including phenoxy) is 1. The van der Waals surface area contributed by atoms with E-state index >= 15 is 0 Å². The molecule has 4 nitrogen and oxygen atoms in total. The van der Waals surface area contributed by atoms with Gasteiger partial charge >= 0.3 is 5.97 Å². The second kappa shape index (κ2) is 5.21. The third-order valence-corrected chi connectivity index (χ3v) is 4.25. The van der Waals surface area contributed by atoms with Crippen LogP contribution in [0, 0.1) is 5.92 Å². The number of carboxylic acids is 1. The molecule has 1 N–H and O–H groups in total. The predicted molar refractivity (Wildman–Crippen MR) is 71.6 cm³/mol. The van der Waals surface area contributed by atoms with Crippen LogP contribution in [-0.4, -0.2) is 41.7 Å². The number of carboxylic acid groups (broad SMARTS) is 1. The number of piperidine rings is 1. The number of nitrogens with zero attached hydrogens (tertiary/aromatic N) is 1. The van der Waals surface area contributed by atoms with Gasteiger partial charge in [0.05, 0.1) is 5.56 Å². The molecule has 1 aromatic carbocycles. The van der Waals surface area contributed by atoms with E-state index in [4.69, 9.17) is 9.84 Å². The van der Waals surface area contributed by atoms with E-state index in [1.165, 1.54) is 25.8 Å². The van der Waals surface area contributed by atoms with Crippen LogP contribution in [-0.2, 0) is 0 Å². The monoisotopic (exact) mass is 261 g/mol. The molecular weight excluding hydrogens is 242 g/mol. The quantitative estimate of drug-likeness (QED) is 0.883. The Kier molecular flexibility index (Phi) is 3.42. The number of benzene rings is 1. The summed E-state index contributed by atoms with van der Waals surface area (Å²) in [5, 5.41) is 8.91. The van der Waals surface area contributed by atoms with E-state index in [1.54, 1.807) is 18.2 Å². The molecule has 0 aromatic heterocycles. The summed E-state index contributed by atoms with van der Waals surface area (Å²) >= 11 is 0. The molecule has 1 aromatic rings. The first-order valence-corrected chi connectivity index (χ1v) is 6.92. The first-order valence-electron chi connectivity index (χ1n) is 6.92. The van der Waals surface area contributed by atoms with Gasteiger partial charge in [0.15, 0.2) is 0 Å². The summed E-state index contributed by atoms with van der Waals surface area (Å²) in [6.07, 6.45) is 4.08. The number of rotatable bonds is 5. The van der Waals surface area contributed by atoms with Crippen molar-refractivity contribution in [3.8, 4) is 5.75 Å². The van der Waals surface area contributed by atoms with Gasteiger partial charge in [-0.1, -0.05) is 6.07 Å². The van der Waals surface area contributed by atoms with Crippen molar-refractivity contribution in [2.75, 3.05) is 19.7 Å². The summed E-state index contributed by atoms with van der Waals surface area (Å²) < 4.78 is 5.66. The first kappa shape index (κ1) is 12.5. The molecule has 3 rings (SSSR count). The number of carbonyl (C=O) groups is 1. The molecular formula is C15H19NO3. The highest BCUT2D eigenvalue weighted by Gasteiger charge is 2.37. The zero-order valence-electron chi connectivity index (χ0n) is 10.9. The van der Waals surface area contributed by atoms with Crippen LogP contribution in [0.2, 0.25) is 0 Å². The van der Waals surface area contributed by atoms with Gasteiger partial charge in [-0.2, -0.15) is 0 Å². The summed E-state index contributed by atoms with van der Waals surface area (Å²) in [5.41, 5.74) is 0.276. The largest absolute Gasteiger partial charge is 0.492 e. The Hall–Kier alpha value is -1.55. The van der Waals surface area contributed by atoms with Gasteiger partial charge in [0.25, 0.3) is 0 Å². The van der Waals surface area contributed by atoms with Crippen LogP contribution in [0.15, 0.2) is 24.3 Å². The van der Waals surface area contributed by atoms with Gasteiger partial charge in [0.2, 0.25) is 0 Å². The fraction of sp³-hybridized carbons (Fsp3) is 0.533. The number of fused-ring (bicyclic) bond motifs is 2. The fourth-order valence-corrected chi connectivity index (χ4v) is 3.30. The fourth-order valence-electron chi connectivity index (χ4n) is 3.30. The molecule has 0 spiro atoms. The molecule has 1 saturated heterocycles. The molecule has 102 valence electrons. The summed E-state index contributed by atoms with van der Waals surface area (Å²) in [5.74, 6) is 0.631. The number of hydrogen-bond acceptors (Lipinski definition) is 3. The highest BCUT2D eigenvalue weighted by molar-refractivity contribution is 5.87. The highest BCUT2D eigenvalue weighted by Crippen LogP contribution is 2.36. The predicted octanol–water partition coefficient (Wildman–Crippen LogP) is 2.25. The zero-order valence-corrected chi connectivity index (χ0v) is 10.9. The van der Waals surface area contributed by atoms with Crippen molar-refractivity contribution in [2.24, 2.45) is 5.92 Å². The smallest absolute Gasteiger partial charge is 0.335 e. The van der Waals surface area contributed by atoms with E-state index in [-0.39, 0.29) is 5.56 Å². The molecule has 1 aliphatic heterocycles. The maximum atomic E-state index is 10.9. The number of likely N-dealkylation sites (tertiary alicyclic amines) is 1.